The number of rotatable bonds is 13. The molecule has 0 aliphatic rings. The summed E-state index contributed by atoms with van der Waals surface area (Å²) in [5.41, 5.74) is 3.69. The second kappa shape index (κ2) is 15.4. The van der Waals surface area contributed by atoms with Crippen molar-refractivity contribution in [2.24, 2.45) is 5.92 Å². The summed E-state index contributed by atoms with van der Waals surface area (Å²) >= 11 is 3.47. The third-order valence-electron chi connectivity index (χ3n) is 7.47. The maximum atomic E-state index is 14.6. The molecule has 0 aliphatic heterocycles. The van der Waals surface area contributed by atoms with Gasteiger partial charge in [-0.3, -0.25) is 13.9 Å². The van der Waals surface area contributed by atoms with E-state index in [9.17, 15) is 18.0 Å². The Morgan fingerprint density at radius 2 is 1.44 bits per heavy atom. The van der Waals surface area contributed by atoms with E-state index < -0.39 is 28.5 Å². The monoisotopic (exact) mass is 689 g/mol. The molecule has 0 unspecified atom stereocenters. The van der Waals surface area contributed by atoms with Gasteiger partial charge in [-0.05, 0) is 72.4 Å². The number of benzene rings is 4. The number of hydrogen-bond donors (Lipinski definition) is 1. The van der Waals surface area contributed by atoms with Crippen molar-refractivity contribution in [1.82, 2.24) is 10.2 Å². The van der Waals surface area contributed by atoms with E-state index in [1.54, 1.807) is 24.3 Å². The van der Waals surface area contributed by atoms with Crippen molar-refractivity contribution >= 4 is 43.5 Å². The van der Waals surface area contributed by atoms with Gasteiger partial charge in [0.25, 0.3) is 10.0 Å². The molecule has 236 valence electrons. The summed E-state index contributed by atoms with van der Waals surface area (Å²) in [6.45, 7) is 7.80. The second-order valence-electron chi connectivity index (χ2n) is 11.6. The molecular weight excluding hydrogens is 650 g/mol. The average Bonchev–Trinajstić information content (AvgIpc) is 3.03. The molecular formula is C36H40BrN3O4S. The summed E-state index contributed by atoms with van der Waals surface area (Å²) in [5.74, 6) is -0.570. The van der Waals surface area contributed by atoms with Crippen LogP contribution in [0.4, 0.5) is 5.69 Å². The molecule has 0 bridgehead atoms. The fraction of sp³-hybridized carbons (Fsp3) is 0.278. The van der Waals surface area contributed by atoms with Crippen LogP contribution in [0, 0.1) is 19.8 Å². The zero-order valence-corrected chi connectivity index (χ0v) is 28.5. The first-order chi connectivity index (χ1) is 21.5. The topological polar surface area (TPSA) is 86.8 Å². The zero-order valence-electron chi connectivity index (χ0n) is 26.1. The minimum absolute atomic E-state index is 0.0775. The Bertz CT molecular complexity index is 1700. The van der Waals surface area contributed by atoms with Crippen LogP contribution in [0.1, 0.15) is 36.1 Å². The van der Waals surface area contributed by atoms with Crippen LogP contribution in [-0.2, 0) is 32.6 Å². The highest BCUT2D eigenvalue weighted by Gasteiger charge is 2.35. The standard InChI is InChI=1S/C36H40BrN3O4S/c1-26(2)23-38-36(42)34(22-29-11-7-5-8-12-29)39(24-30-17-19-31(37)20-18-30)35(41)25-40(33-21-27(3)15-16-28(33)4)45(43,44)32-13-9-6-10-14-32/h5-21,26,34H,22-25H2,1-4H3,(H,38,42)/t34-/m1/s1. The molecule has 9 heteroatoms. The average molecular weight is 691 g/mol. The van der Waals surface area contributed by atoms with E-state index in [1.807, 2.05) is 94.4 Å². The Morgan fingerprint density at radius 1 is 0.822 bits per heavy atom. The lowest BCUT2D eigenvalue weighted by Gasteiger charge is -2.34. The maximum Gasteiger partial charge on any atom is 0.264 e. The first kappa shape index (κ1) is 33.9. The van der Waals surface area contributed by atoms with Gasteiger partial charge >= 0.3 is 0 Å². The van der Waals surface area contributed by atoms with Crippen LogP contribution in [0.25, 0.3) is 0 Å². The van der Waals surface area contributed by atoms with Gasteiger partial charge < -0.3 is 10.2 Å². The molecule has 7 nitrogen and oxygen atoms in total. The van der Waals surface area contributed by atoms with Gasteiger partial charge in [-0.2, -0.15) is 0 Å². The number of hydrogen-bond acceptors (Lipinski definition) is 4. The fourth-order valence-electron chi connectivity index (χ4n) is 4.98. The molecule has 0 aromatic heterocycles. The summed E-state index contributed by atoms with van der Waals surface area (Å²) < 4.78 is 30.4. The van der Waals surface area contributed by atoms with E-state index in [1.165, 1.54) is 21.3 Å². The number of halogens is 1. The molecule has 0 saturated carbocycles. The summed E-state index contributed by atoms with van der Waals surface area (Å²) in [6, 6.07) is 29.8. The Kier molecular flexibility index (Phi) is 11.6. The van der Waals surface area contributed by atoms with Crippen LogP contribution in [0.15, 0.2) is 112 Å². The normalized spacial score (nSPS) is 12.0. The summed E-state index contributed by atoms with van der Waals surface area (Å²) in [5, 5.41) is 3.02. The van der Waals surface area contributed by atoms with Gasteiger partial charge in [-0.15, -0.1) is 0 Å². The molecule has 1 atom stereocenters. The first-order valence-corrected chi connectivity index (χ1v) is 17.2. The van der Waals surface area contributed by atoms with Gasteiger partial charge in [0, 0.05) is 24.0 Å². The highest BCUT2D eigenvalue weighted by Crippen LogP contribution is 2.29. The minimum atomic E-state index is -4.15. The lowest BCUT2D eigenvalue weighted by Crippen LogP contribution is -2.53. The Morgan fingerprint density at radius 3 is 2.07 bits per heavy atom. The van der Waals surface area contributed by atoms with Crippen molar-refractivity contribution in [3.8, 4) is 0 Å². The van der Waals surface area contributed by atoms with E-state index in [0.717, 1.165) is 21.2 Å². The van der Waals surface area contributed by atoms with E-state index >= 15 is 0 Å². The molecule has 0 radical (unpaired) electrons. The highest BCUT2D eigenvalue weighted by molar-refractivity contribution is 9.10. The number of amides is 2. The first-order valence-electron chi connectivity index (χ1n) is 15.0. The van der Waals surface area contributed by atoms with Crippen LogP contribution in [-0.4, -0.2) is 44.3 Å². The number of carbonyl (C=O) groups excluding carboxylic acids is 2. The van der Waals surface area contributed by atoms with Crippen molar-refractivity contribution in [3.63, 3.8) is 0 Å². The predicted molar refractivity (Wildman–Crippen MR) is 183 cm³/mol. The molecule has 0 saturated heterocycles. The van der Waals surface area contributed by atoms with Crippen molar-refractivity contribution in [2.45, 2.75) is 51.6 Å². The molecule has 0 aliphatic carbocycles. The minimum Gasteiger partial charge on any atom is -0.354 e. The van der Waals surface area contributed by atoms with Crippen LogP contribution in [0.2, 0.25) is 0 Å². The van der Waals surface area contributed by atoms with E-state index in [2.05, 4.69) is 21.2 Å². The largest absolute Gasteiger partial charge is 0.354 e. The van der Waals surface area contributed by atoms with E-state index in [0.29, 0.717) is 17.8 Å². The number of nitrogens with zero attached hydrogens (tertiary/aromatic N) is 2. The van der Waals surface area contributed by atoms with Crippen molar-refractivity contribution in [1.29, 1.82) is 0 Å². The number of nitrogens with one attached hydrogen (secondary N) is 1. The summed E-state index contributed by atoms with van der Waals surface area (Å²) in [7, 11) is -4.15. The molecule has 4 aromatic rings. The SMILES string of the molecule is Cc1ccc(C)c(N(CC(=O)N(Cc2ccc(Br)cc2)[C@H](Cc2ccccc2)C(=O)NCC(C)C)S(=O)(=O)c2ccccc2)c1. The Balaban J connectivity index is 1.82. The Labute approximate surface area is 275 Å². The third-order valence-corrected chi connectivity index (χ3v) is 9.77. The van der Waals surface area contributed by atoms with Gasteiger partial charge in [-0.25, -0.2) is 8.42 Å². The van der Waals surface area contributed by atoms with Crippen LogP contribution in [0.5, 0.6) is 0 Å². The highest BCUT2D eigenvalue weighted by atomic mass is 79.9. The molecule has 0 fully saturated rings. The second-order valence-corrected chi connectivity index (χ2v) is 14.4. The summed E-state index contributed by atoms with van der Waals surface area (Å²) in [6.07, 6.45) is 0.266. The molecule has 4 rings (SSSR count). The number of sulfonamides is 1. The maximum absolute atomic E-state index is 14.6. The third kappa shape index (κ3) is 9.05. The number of aryl methyl sites for hydroxylation is 2. The quantitative estimate of drug-likeness (QED) is 0.170. The van der Waals surface area contributed by atoms with Gasteiger partial charge in [0.1, 0.15) is 12.6 Å². The van der Waals surface area contributed by atoms with Gasteiger partial charge in [-0.1, -0.05) is 103 Å². The summed E-state index contributed by atoms with van der Waals surface area (Å²) in [4.78, 5) is 30.0. The lowest BCUT2D eigenvalue weighted by molar-refractivity contribution is -0.140. The molecule has 45 heavy (non-hydrogen) atoms. The predicted octanol–water partition coefficient (Wildman–Crippen LogP) is 6.67. The van der Waals surface area contributed by atoms with Gasteiger partial charge in [0.05, 0.1) is 10.6 Å². The number of anilines is 1. The van der Waals surface area contributed by atoms with Crippen LogP contribution >= 0.6 is 15.9 Å². The van der Waals surface area contributed by atoms with E-state index in [-0.39, 0.29) is 29.7 Å². The smallest absolute Gasteiger partial charge is 0.264 e. The molecule has 1 N–H and O–H groups in total. The van der Waals surface area contributed by atoms with Crippen LogP contribution < -0.4 is 9.62 Å². The van der Waals surface area contributed by atoms with Crippen LogP contribution in [0.3, 0.4) is 0 Å². The van der Waals surface area contributed by atoms with Crippen molar-refractivity contribution < 1.29 is 18.0 Å². The molecule has 2 amide bonds. The molecule has 4 aromatic carbocycles. The van der Waals surface area contributed by atoms with Gasteiger partial charge in [0.15, 0.2) is 0 Å². The van der Waals surface area contributed by atoms with Crippen molar-refractivity contribution in [2.75, 3.05) is 17.4 Å². The van der Waals surface area contributed by atoms with Crippen molar-refractivity contribution in [3.05, 3.63) is 130 Å². The number of carbonyl (C=O) groups is 2. The lowest BCUT2D eigenvalue weighted by atomic mass is 10.0. The Hall–Kier alpha value is -3.95. The fourth-order valence-corrected chi connectivity index (χ4v) is 6.74. The van der Waals surface area contributed by atoms with Gasteiger partial charge in [0.2, 0.25) is 11.8 Å². The zero-order chi connectivity index (χ0) is 32.6. The molecule has 0 spiro atoms. The molecule has 0 heterocycles. The van der Waals surface area contributed by atoms with E-state index in [4.69, 9.17) is 0 Å².